The highest BCUT2D eigenvalue weighted by Crippen LogP contribution is 2.47. The Kier molecular flexibility index (Phi) is 11.0. The van der Waals surface area contributed by atoms with Crippen LogP contribution in [-0.2, 0) is 6.54 Å². The Hall–Kier alpha value is -9.04. The van der Waals surface area contributed by atoms with E-state index in [1.54, 1.807) is 0 Å². The summed E-state index contributed by atoms with van der Waals surface area (Å²) in [7, 11) is 0. The molecule has 0 fully saturated rings. The zero-order chi connectivity index (χ0) is 49.0. The van der Waals surface area contributed by atoms with Crippen LogP contribution in [0.1, 0.15) is 18.1 Å². The van der Waals surface area contributed by atoms with E-state index < -0.39 is 0 Å². The molecule has 1 nitrogen and oxygen atoms in total. The van der Waals surface area contributed by atoms with Crippen molar-refractivity contribution in [2.24, 2.45) is 0 Å². The van der Waals surface area contributed by atoms with Crippen LogP contribution in [0.2, 0.25) is 0 Å². The first-order chi connectivity index (χ1) is 35.9. The maximum atomic E-state index is 2.43. The van der Waals surface area contributed by atoms with Crippen molar-refractivity contribution in [2.45, 2.75) is 27.3 Å². The summed E-state index contributed by atoms with van der Waals surface area (Å²) in [5.41, 5.74) is 24.5. The fourth-order valence-electron chi connectivity index (χ4n) is 11.4. The molecule has 0 unspecified atom stereocenters. The van der Waals surface area contributed by atoms with Gasteiger partial charge in [-0.05, 0) is 162 Å². The molecule has 12 aromatic carbocycles. The second kappa shape index (κ2) is 18.3. The Morgan fingerprint density at radius 1 is 0.233 bits per heavy atom. The molecule has 0 amide bonds. The summed E-state index contributed by atoms with van der Waals surface area (Å²) in [5.74, 6) is 0. The van der Waals surface area contributed by atoms with E-state index in [9.17, 15) is 0 Å². The molecule has 0 aliphatic carbocycles. The average molecular weight is 932 g/mol. The van der Waals surface area contributed by atoms with Gasteiger partial charge in [-0.15, -0.1) is 0 Å². The number of fused-ring (bicyclic) bond motifs is 5. The second-order valence-electron chi connectivity index (χ2n) is 19.7. The fraction of sp³-hybridized carbons (Fsp3) is 0.0556. The number of rotatable bonds is 9. The van der Waals surface area contributed by atoms with Crippen LogP contribution in [0, 0.1) is 13.8 Å². The smallest absolute Gasteiger partial charge is 0.0491 e. The van der Waals surface area contributed by atoms with Gasteiger partial charge in [0.2, 0.25) is 0 Å². The second-order valence-corrected chi connectivity index (χ2v) is 19.7. The molecule has 0 aliphatic heterocycles. The van der Waals surface area contributed by atoms with Crippen LogP contribution in [-0.4, -0.2) is 4.57 Å². The third kappa shape index (κ3) is 8.01. The predicted molar refractivity (Wildman–Crippen MR) is 313 cm³/mol. The minimum atomic E-state index is 0.944. The van der Waals surface area contributed by atoms with E-state index in [1.165, 1.54) is 143 Å². The molecule has 1 aromatic heterocycles. The van der Waals surface area contributed by atoms with E-state index in [4.69, 9.17) is 0 Å². The molecule has 1 heterocycles. The van der Waals surface area contributed by atoms with Gasteiger partial charge in [-0.1, -0.05) is 236 Å². The Morgan fingerprint density at radius 3 is 1.03 bits per heavy atom. The molecule has 0 spiro atoms. The molecule has 0 saturated carbocycles. The zero-order valence-electron chi connectivity index (χ0n) is 41.4. The van der Waals surface area contributed by atoms with Crippen molar-refractivity contribution in [2.75, 3.05) is 0 Å². The molecule has 0 atom stereocenters. The van der Waals surface area contributed by atoms with Gasteiger partial charge in [-0.3, -0.25) is 0 Å². The fourth-order valence-corrected chi connectivity index (χ4v) is 11.4. The van der Waals surface area contributed by atoms with Crippen LogP contribution in [0.3, 0.4) is 0 Å². The minimum absolute atomic E-state index is 0.944. The SMILES string of the molecule is CCn1c2ccccc2c2cc(-c3ccc(-c4ccc(-c5c6ccc(-c7cccc(C)c7)cc6c(-c6ccc(-c7ccc(-c8ccccc8)cc7)cc6)c6ccc(-c7cccc(C)c7)cc56)cc4)cc3)ccc21. The van der Waals surface area contributed by atoms with E-state index in [0.717, 1.165) is 6.54 Å². The van der Waals surface area contributed by atoms with Crippen LogP contribution in [0.5, 0.6) is 0 Å². The van der Waals surface area contributed by atoms with Crippen LogP contribution < -0.4 is 0 Å². The van der Waals surface area contributed by atoms with Crippen molar-refractivity contribution in [1.82, 2.24) is 4.57 Å². The maximum absolute atomic E-state index is 2.43. The molecule has 13 aromatic rings. The summed E-state index contributed by atoms with van der Waals surface area (Å²) in [6.45, 7) is 7.52. The van der Waals surface area contributed by atoms with Crippen LogP contribution in [0.25, 0.3) is 132 Å². The molecule has 13 rings (SSSR count). The lowest BCUT2D eigenvalue weighted by Gasteiger charge is -2.20. The lowest BCUT2D eigenvalue weighted by Crippen LogP contribution is -1.93. The van der Waals surface area contributed by atoms with Crippen molar-refractivity contribution >= 4 is 43.4 Å². The minimum Gasteiger partial charge on any atom is -0.341 e. The number of benzene rings is 12. The standard InChI is InChI=1S/C72H53N/c1-4-73-69-19-9-8-18-63(69)66-44-60(38-41-70(66)73)55-26-24-52(25-27-55)54-30-34-57(35-31-54)72-65-40-37-61(58-16-10-12-47(2)42-58)45-67(65)71(64-39-36-62(46-68(64)72)59-17-11-13-48(3)43-59)56-32-28-53(29-33-56)51-22-20-50(21-23-51)49-14-6-5-7-15-49/h5-46H,4H2,1-3H3. The molecule has 0 aliphatic rings. The molecular weight excluding hydrogens is 879 g/mol. The van der Waals surface area contributed by atoms with Gasteiger partial charge in [0.1, 0.15) is 0 Å². The molecule has 1 heteroatoms. The summed E-state index contributed by atoms with van der Waals surface area (Å²) in [4.78, 5) is 0. The number of para-hydroxylation sites is 1. The number of aromatic nitrogens is 1. The summed E-state index contributed by atoms with van der Waals surface area (Å²) in [6, 6.07) is 94.8. The van der Waals surface area contributed by atoms with E-state index in [-0.39, 0.29) is 0 Å². The van der Waals surface area contributed by atoms with Crippen molar-refractivity contribution in [3.8, 4) is 89.0 Å². The molecule has 0 radical (unpaired) electrons. The Morgan fingerprint density at radius 2 is 0.562 bits per heavy atom. The van der Waals surface area contributed by atoms with Gasteiger partial charge in [-0.2, -0.15) is 0 Å². The van der Waals surface area contributed by atoms with Gasteiger partial charge in [0.25, 0.3) is 0 Å². The van der Waals surface area contributed by atoms with Crippen molar-refractivity contribution in [3.63, 3.8) is 0 Å². The lowest BCUT2D eigenvalue weighted by atomic mass is 9.83. The lowest BCUT2D eigenvalue weighted by molar-refractivity contribution is 0.827. The van der Waals surface area contributed by atoms with Gasteiger partial charge in [0, 0.05) is 28.4 Å². The highest BCUT2D eigenvalue weighted by Gasteiger charge is 2.20. The highest BCUT2D eigenvalue weighted by atomic mass is 15.0. The third-order valence-corrected chi connectivity index (χ3v) is 15.1. The quantitative estimate of drug-likeness (QED) is 0.127. The average Bonchev–Trinajstić information content (AvgIpc) is 3.77. The molecule has 0 bridgehead atoms. The highest BCUT2D eigenvalue weighted by molar-refractivity contribution is 6.22. The topological polar surface area (TPSA) is 4.93 Å². The van der Waals surface area contributed by atoms with Crippen LogP contribution in [0.4, 0.5) is 0 Å². The largest absolute Gasteiger partial charge is 0.341 e. The first kappa shape index (κ1) is 43.9. The Balaban J connectivity index is 0.934. The third-order valence-electron chi connectivity index (χ3n) is 15.1. The van der Waals surface area contributed by atoms with E-state index in [1.807, 2.05) is 0 Å². The maximum Gasteiger partial charge on any atom is 0.0491 e. The van der Waals surface area contributed by atoms with Gasteiger partial charge >= 0.3 is 0 Å². The molecule has 0 N–H and O–H groups in total. The Bertz CT molecular complexity index is 4190. The first-order valence-corrected chi connectivity index (χ1v) is 25.6. The molecule has 346 valence electrons. The summed E-state index contributed by atoms with van der Waals surface area (Å²) >= 11 is 0. The predicted octanol–water partition coefficient (Wildman–Crippen LogP) is 20.1. The monoisotopic (exact) mass is 931 g/mol. The van der Waals surface area contributed by atoms with Crippen LogP contribution >= 0.6 is 0 Å². The summed E-state index contributed by atoms with van der Waals surface area (Å²) in [5, 5.41) is 7.55. The van der Waals surface area contributed by atoms with Crippen molar-refractivity contribution in [3.05, 3.63) is 266 Å². The van der Waals surface area contributed by atoms with Crippen LogP contribution in [0.15, 0.2) is 255 Å². The van der Waals surface area contributed by atoms with E-state index >= 15 is 0 Å². The van der Waals surface area contributed by atoms with Crippen molar-refractivity contribution < 1.29 is 0 Å². The summed E-state index contributed by atoms with van der Waals surface area (Å²) < 4.78 is 2.42. The van der Waals surface area contributed by atoms with Crippen molar-refractivity contribution in [1.29, 1.82) is 0 Å². The Labute approximate surface area is 427 Å². The normalized spacial score (nSPS) is 11.5. The van der Waals surface area contributed by atoms with E-state index in [0.29, 0.717) is 0 Å². The molecule has 0 saturated heterocycles. The number of hydrogen-bond acceptors (Lipinski definition) is 0. The molecular formula is C72H53N. The van der Waals surface area contributed by atoms with Gasteiger partial charge in [0.15, 0.2) is 0 Å². The number of hydrogen-bond donors (Lipinski definition) is 0. The molecule has 73 heavy (non-hydrogen) atoms. The van der Waals surface area contributed by atoms with Gasteiger partial charge < -0.3 is 4.57 Å². The zero-order valence-corrected chi connectivity index (χ0v) is 41.4. The van der Waals surface area contributed by atoms with Gasteiger partial charge in [-0.25, -0.2) is 0 Å². The first-order valence-electron chi connectivity index (χ1n) is 25.6. The van der Waals surface area contributed by atoms with Gasteiger partial charge in [0.05, 0.1) is 0 Å². The number of aryl methyl sites for hydroxylation is 3. The number of nitrogens with zero attached hydrogens (tertiary/aromatic N) is 1. The van der Waals surface area contributed by atoms with E-state index in [2.05, 4.69) is 280 Å². The summed E-state index contributed by atoms with van der Waals surface area (Å²) in [6.07, 6.45) is 0.